The van der Waals surface area contributed by atoms with Gasteiger partial charge >= 0.3 is 0 Å². The van der Waals surface area contributed by atoms with E-state index in [0.717, 1.165) is 5.56 Å². The molecule has 0 aliphatic rings. The summed E-state index contributed by atoms with van der Waals surface area (Å²) >= 11 is 5.24. The van der Waals surface area contributed by atoms with Crippen molar-refractivity contribution in [1.82, 2.24) is 0 Å². The molecule has 11 heavy (non-hydrogen) atoms. The number of halogens is 1. The zero-order chi connectivity index (χ0) is 7.56. The Morgan fingerprint density at radius 2 is 2.27 bits per heavy atom. The van der Waals surface area contributed by atoms with E-state index in [0.29, 0.717) is 5.56 Å². The average Bonchev–Trinajstić information content (AvgIpc) is 1.88. The number of aryl methyl sites for hydroxylation is 1. The van der Waals surface area contributed by atoms with E-state index in [1.807, 2.05) is 19.1 Å². The molecule has 1 radical (unpaired) electrons. The van der Waals surface area contributed by atoms with Gasteiger partial charge in [0.1, 0.15) is 0 Å². The molecule has 1 nitrogen and oxygen atoms in total. The Morgan fingerprint density at radius 3 is 2.64 bits per heavy atom. The number of rotatable bonds is 1. The Kier molecular flexibility index (Phi) is 5.15. The second-order valence-electron chi connectivity index (χ2n) is 2.00. The maximum atomic E-state index is 10.6. The van der Waals surface area contributed by atoms with Gasteiger partial charge in [0.15, 0.2) is 5.24 Å². The fraction of sp³-hybridized carbons (Fsp3) is 0.125. The molecular weight excluding hydrogens is 236 g/mol. The summed E-state index contributed by atoms with van der Waals surface area (Å²) in [4.78, 5) is 10.6. The number of carbonyl (C=O) groups excluding carboxylic acids is 1. The Balaban J connectivity index is 0.000001000. The normalized spacial score (nSPS) is 8.55. The first-order chi connectivity index (χ1) is 4.72. The third-order valence-corrected chi connectivity index (χ3v) is 1.45. The SMILES string of the molecule is Cc1ccc[c-]c1C(=O)Cl.[Y]. The smallest absolute Gasteiger partial charge is 0.166 e. The molecule has 0 atom stereocenters. The summed E-state index contributed by atoms with van der Waals surface area (Å²) in [6.45, 7) is 1.83. The van der Waals surface area contributed by atoms with E-state index in [-0.39, 0.29) is 32.7 Å². The predicted octanol–water partition coefficient (Wildman–Crippen LogP) is 2.17. The third-order valence-electron chi connectivity index (χ3n) is 1.26. The summed E-state index contributed by atoms with van der Waals surface area (Å²) in [6.07, 6.45) is 0. The van der Waals surface area contributed by atoms with E-state index >= 15 is 0 Å². The van der Waals surface area contributed by atoms with Crippen molar-refractivity contribution < 1.29 is 37.5 Å². The van der Waals surface area contributed by atoms with Crippen molar-refractivity contribution in [3.05, 3.63) is 35.4 Å². The summed E-state index contributed by atoms with van der Waals surface area (Å²) in [6, 6.07) is 8.07. The minimum absolute atomic E-state index is 0. The van der Waals surface area contributed by atoms with Crippen molar-refractivity contribution in [2.24, 2.45) is 0 Å². The summed E-state index contributed by atoms with van der Waals surface area (Å²) in [7, 11) is 0. The van der Waals surface area contributed by atoms with Crippen LogP contribution in [-0.4, -0.2) is 5.24 Å². The van der Waals surface area contributed by atoms with Gasteiger partial charge < -0.3 is 4.79 Å². The summed E-state index contributed by atoms with van der Waals surface area (Å²) < 4.78 is 0. The molecule has 0 saturated heterocycles. The molecule has 1 aromatic carbocycles. The second kappa shape index (κ2) is 5.02. The second-order valence-corrected chi connectivity index (χ2v) is 2.35. The summed E-state index contributed by atoms with van der Waals surface area (Å²) in [5, 5.41) is -0.446. The molecule has 0 heterocycles. The first kappa shape index (κ1) is 11.3. The molecule has 0 saturated carbocycles. The number of carbonyl (C=O) groups is 1. The first-order valence-electron chi connectivity index (χ1n) is 2.89. The average molecular weight is 242 g/mol. The van der Waals surface area contributed by atoms with Gasteiger partial charge in [0, 0.05) is 32.7 Å². The van der Waals surface area contributed by atoms with Gasteiger partial charge in [-0.1, -0.05) is 12.5 Å². The monoisotopic (exact) mass is 242 g/mol. The van der Waals surface area contributed by atoms with Crippen LogP contribution < -0.4 is 0 Å². The molecule has 0 aliphatic carbocycles. The molecule has 55 valence electrons. The predicted molar refractivity (Wildman–Crippen MR) is 40.2 cm³/mol. The first-order valence-corrected chi connectivity index (χ1v) is 3.27. The van der Waals surface area contributed by atoms with Gasteiger partial charge in [0.2, 0.25) is 0 Å². The van der Waals surface area contributed by atoms with Gasteiger partial charge in [-0.3, -0.25) is 0 Å². The molecule has 0 aromatic heterocycles. The molecule has 0 N–H and O–H groups in total. The minimum Gasteiger partial charge on any atom is -0.334 e. The number of hydrogen-bond donors (Lipinski definition) is 0. The molecule has 3 heteroatoms. The van der Waals surface area contributed by atoms with Crippen molar-refractivity contribution in [3.8, 4) is 0 Å². The van der Waals surface area contributed by atoms with E-state index in [9.17, 15) is 4.79 Å². The van der Waals surface area contributed by atoms with E-state index in [1.54, 1.807) is 6.07 Å². The van der Waals surface area contributed by atoms with Crippen molar-refractivity contribution in [1.29, 1.82) is 0 Å². The maximum absolute atomic E-state index is 10.6. The van der Waals surface area contributed by atoms with E-state index < -0.39 is 5.24 Å². The molecule has 0 spiro atoms. The molecule has 0 amide bonds. The fourth-order valence-corrected chi connectivity index (χ4v) is 0.936. The quantitative estimate of drug-likeness (QED) is 0.545. The summed E-state index contributed by atoms with van der Waals surface area (Å²) in [5.74, 6) is 0. The largest absolute Gasteiger partial charge is 0.334 e. The van der Waals surface area contributed by atoms with Crippen LogP contribution in [0, 0.1) is 13.0 Å². The zero-order valence-electron chi connectivity index (χ0n) is 6.10. The van der Waals surface area contributed by atoms with E-state index in [4.69, 9.17) is 11.6 Å². The van der Waals surface area contributed by atoms with Crippen LogP contribution in [0.15, 0.2) is 18.2 Å². The van der Waals surface area contributed by atoms with Crippen LogP contribution in [0.4, 0.5) is 0 Å². The van der Waals surface area contributed by atoms with Crippen LogP contribution >= 0.6 is 11.6 Å². The fourth-order valence-electron chi connectivity index (χ4n) is 0.733. The van der Waals surface area contributed by atoms with Crippen LogP contribution in [0.2, 0.25) is 0 Å². The van der Waals surface area contributed by atoms with Crippen molar-refractivity contribution in [2.45, 2.75) is 6.92 Å². The zero-order valence-corrected chi connectivity index (χ0v) is 9.69. The van der Waals surface area contributed by atoms with Crippen LogP contribution in [0.1, 0.15) is 15.9 Å². The van der Waals surface area contributed by atoms with Crippen molar-refractivity contribution in [3.63, 3.8) is 0 Å². The molecule has 1 aromatic rings. The van der Waals surface area contributed by atoms with Crippen LogP contribution in [0.3, 0.4) is 0 Å². The topological polar surface area (TPSA) is 17.1 Å². The third kappa shape index (κ3) is 3.02. The number of hydrogen-bond acceptors (Lipinski definition) is 1. The van der Waals surface area contributed by atoms with Gasteiger partial charge in [0.05, 0.1) is 0 Å². The Hall–Kier alpha value is 0.284. The van der Waals surface area contributed by atoms with Gasteiger partial charge in [-0.25, -0.2) is 0 Å². The van der Waals surface area contributed by atoms with Crippen molar-refractivity contribution in [2.75, 3.05) is 0 Å². The molecule has 0 aliphatic heterocycles. The molecular formula is C8H6ClOY-. The number of benzene rings is 1. The minimum atomic E-state index is -0.446. The van der Waals surface area contributed by atoms with Crippen LogP contribution in [0.25, 0.3) is 0 Å². The van der Waals surface area contributed by atoms with Crippen LogP contribution in [-0.2, 0) is 32.7 Å². The van der Waals surface area contributed by atoms with Gasteiger partial charge in [-0.05, 0) is 0 Å². The standard InChI is InChI=1S/C8H6ClO.Y/c1-6-4-2-3-5-7(6)8(9)10;/h2-4H,1H3;/q-1;. The van der Waals surface area contributed by atoms with Crippen LogP contribution in [0.5, 0.6) is 0 Å². The molecule has 0 unspecified atom stereocenters. The Morgan fingerprint density at radius 1 is 1.64 bits per heavy atom. The van der Waals surface area contributed by atoms with Gasteiger partial charge in [0.25, 0.3) is 0 Å². The molecule has 1 rings (SSSR count). The molecule has 0 fully saturated rings. The Bertz CT molecular complexity index is 260. The van der Waals surface area contributed by atoms with Gasteiger partial charge in [-0.15, -0.1) is 41.4 Å². The summed E-state index contributed by atoms with van der Waals surface area (Å²) in [5.41, 5.74) is 1.33. The maximum Gasteiger partial charge on any atom is 0.166 e. The Labute approximate surface area is 96.0 Å². The van der Waals surface area contributed by atoms with E-state index in [2.05, 4.69) is 6.07 Å². The van der Waals surface area contributed by atoms with Crippen molar-refractivity contribution >= 4 is 16.8 Å². The molecule has 0 bridgehead atoms. The van der Waals surface area contributed by atoms with Gasteiger partial charge in [-0.2, -0.15) is 0 Å². The van der Waals surface area contributed by atoms with E-state index in [1.165, 1.54) is 0 Å².